The van der Waals surface area contributed by atoms with Crippen LogP contribution in [0.2, 0.25) is 5.15 Å². The third-order valence-electron chi connectivity index (χ3n) is 1.36. The minimum Gasteiger partial charge on any atom is -0.480 e. The van der Waals surface area contributed by atoms with Gasteiger partial charge in [-0.25, -0.2) is 0 Å². The molecule has 0 saturated heterocycles. The van der Waals surface area contributed by atoms with Crippen LogP contribution >= 0.6 is 34.9 Å². The molecule has 1 atom stereocenters. The Morgan fingerprint density at radius 2 is 2.50 bits per heavy atom. The van der Waals surface area contributed by atoms with Crippen LogP contribution in [0.5, 0.6) is 0 Å². The van der Waals surface area contributed by atoms with Crippen molar-refractivity contribution in [3.05, 3.63) is 10.7 Å². The van der Waals surface area contributed by atoms with Gasteiger partial charge in [-0.1, -0.05) is 23.4 Å². The molecule has 1 N–H and O–H groups in total. The van der Waals surface area contributed by atoms with Crippen molar-refractivity contribution < 1.29 is 9.90 Å². The van der Waals surface area contributed by atoms with Crippen molar-refractivity contribution in [2.45, 2.75) is 16.4 Å². The second kappa shape index (κ2) is 4.64. The number of halogens is 1. The van der Waals surface area contributed by atoms with Crippen LogP contribution in [-0.4, -0.2) is 20.7 Å². The molecule has 0 aliphatic carbocycles. The SMILES string of the molecule is CC(Sc1snc(Cl)c1C#N)C(=O)O. The molecule has 0 saturated carbocycles. The van der Waals surface area contributed by atoms with E-state index in [-0.39, 0.29) is 10.7 Å². The van der Waals surface area contributed by atoms with E-state index in [1.54, 1.807) is 6.92 Å². The topological polar surface area (TPSA) is 74.0 Å². The molecule has 0 bridgehead atoms. The molecule has 0 radical (unpaired) electrons. The van der Waals surface area contributed by atoms with Gasteiger partial charge in [0.1, 0.15) is 21.1 Å². The maximum atomic E-state index is 10.6. The van der Waals surface area contributed by atoms with Gasteiger partial charge in [-0.05, 0) is 18.5 Å². The fourth-order valence-electron chi connectivity index (χ4n) is 0.640. The lowest BCUT2D eigenvalue weighted by Gasteiger charge is -2.02. The first-order valence-corrected chi connectivity index (χ1v) is 5.54. The Kier molecular flexibility index (Phi) is 3.75. The second-order valence-corrected chi connectivity index (χ2v) is 5.09. The zero-order valence-corrected chi connectivity index (χ0v) is 9.41. The predicted molar refractivity (Wildman–Crippen MR) is 54.8 cm³/mol. The van der Waals surface area contributed by atoms with Gasteiger partial charge in [0.15, 0.2) is 5.15 Å². The summed E-state index contributed by atoms with van der Waals surface area (Å²) in [5.41, 5.74) is 0.259. The van der Waals surface area contributed by atoms with Crippen molar-refractivity contribution in [2.24, 2.45) is 0 Å². The highest BCUT2D eigenvalue weighted by molar-refractivity contribution is 8.02. The Morgan fingerprint density at radius 1 is 1.86 bits per heavy atom. The average Bonchev–Trinajstić information content (AvgIpc) is 2.46. The van der Waals surface area contributed by atoms with Crippen LogP contribution in [0.25, 0.3) is 0 Å². The minimum atomic E-state index is -0.927. The maximum Gasteiger partial charge on any atom is 0.316 e. The van der Waals surface area contributed by atoms with Crippen LogP contribution in [0.15, 0.2) is 4.21 Å². The monoisotopic (exact) mass is 248 g/mol. The van der Waals surface area contributed by atoms with Gasteiger partial charge in [0.05, 0.1) is 0 Å². The molecule has 0 fully saturated rings. The Labute approximate surface area is 93.7 Å². The smallest absolute Gasteiger partial charge is 0.316 e. The van der Waals surface area contributed by atoms with Crippen molar-refractivity contribution >= 4 is 40.9 Å². The maximum absolute atomic E-state index is 10.6. The summed E-state index contributed by atoms with van der Waals surface area (Å²) in [5.74, 6) is -0.927. The number of rotatable bonds is 3. The molecule has 0 amide bonds. The molecular formula is C7H5ClN2O2S2. The van der Waals surface area contributed by atoms with Gasteiger partial charge in [-0.3, -0.25) is 4.79 Å². The number of aliphatic carboxylic acids is 1. The van der Waals surface area contributed by atoms with Crippen LogP contribution in [0.3, 0.4) is 0 Å². The number of carbonyl (C=O) groups is 1. The molecule has 74 valence electrons. The summed E-state index contributed by atoms with van der Waals surface area (Å²) >= 11 is 7.74. The predicted octanol–water partition coefficient (Wildman–Crippen LogP) is 2.23. The third-order valence-corrected chi connectivity index (χ3v) is 3.87. The van der Waals surface area contributed by atoms with E-state index in [1.807, 2.05) is 6.07 Å². The molecule has 1 aromatic rings. The van der Waals surface area contributed by atoms with Crippen molar-refractivity contribution in [1.29, 1.82) is 5.26 Å². The van der Waals surface area contributed by atoms with Crippen LogP contribution in [0.1, 0.15) is 12.5 Å². The third kappa shape index (κ3) is 2.38. The van der Waals surface area contributed by atoms with Crippen molar-refractivity contribution in [3.63, 3.8) is 0 Å². The van der Waals surface area contributed by atoms with E-state index in [9.17, 15) is 4.79 Å². The summed E-state index contributed by atoms with van der Waals surface area (Å²) in [7, 11) is 0. The normalized spacial score (nSPS) is 12.1. The number of thioether (sulfide) groups is 1. The molecule has 0 aliphatic heterocycles. The molecule has 4 nitrogen and oxygen atoms in total. The average molecular weight is 249 g/mol. The number of aromatic nitrogens is 1. The summed E-state index contributed by atoms with van der Waals surface area (Å²) in [6, 6.07) is 1.89. The van der Waals surface area contributed by atoms with Crippen molar-refractivity contribution in [2.75, 3.05) is 0 Å². The van der Waals surface area contributed by atoms with Crippen molar-refractivity contribution in [3.8, 4) is 6.07 Å². The summed E-state index contributed by atoms with van der Waals surface area (Å²) in [5, 5.41) is 16.9. The second-order valence-electron chi connectivity index (χ2n) is 2.35. The van der Waals surface area contributed by atoms with Gasteiger partial charge >= 0.3 is 5.97 Å². The van der Waals surface area contributed by atoms with Gasteiger partial charge in [-0.2, -0.15) is 9.64 Å². The summed E-state index contributed by atoms with van der Waals surface area (Å²) < 4.78 is 4.32. The van der Waals surface area contributed by atoms with Gasteiger partial charge in [-0.15, -0.1) is 0 Å². The standard InChI is InChI=1S/C7H5ClN2O2S2/c1-3(6(11)12)13-7-4(2-9)5(8)10-14-7/h3H,1H3,(H,11,12). The lowest BCUT2D eigenvalue weighted by molar-refractivity contribution is -0.136. The summed E-state index contributed by atoms with van der Waals surface area (Å²) in [6.45, 7) is 1.54. The van der Waals surface area contributed by atoms with Crippen LogP contribution < -0.4 is 0 Å². The van der Waals surface area contributed by atoms with E-state index in [0.717, 1.165) is 23.3 Å². The number of carboxylic acid groups (broad SMARTS) is 1. The Hall–Kier alpha value is -0.770. The van der Waals surface area contributed by atoms with Crippen LogP contribution in [0.4, 0.5) is 0 Å². The minimum absolute atomic E-state index is 0.137. The van der Waals surface area contributed by atoms with Gasteiger partial charge in [0.2, 0.25) is 0 Å². The van der Waals surface area contributed by atoms with Gasteiger partial charge < -0.3 is 5.11 Å². The van der Waals surface area contributed by atoms with Crippen LogP contribution in [0, 0.1) is 11.3 Å². The van der Waals surface area contributed by atoms with Crippen LogP contribution in [-0.2, 0) is 4.79 Å². The fourth-order valence-corrected chi connectivity index (χ4v) is 2.88. The summed E-state index contributed by atoms with van der Waals surface area (Å²) in [6.07, 6.45) is 0. The zero-order chi connectivity index (χ0) is 10.7. The van der Waals surface area contributed by atoms with E-state index >= 15 is 0 Å². The molecule has 1 rings (SSSR count). The largest absolute Gasteiger partial charge is 0.480 e. The van der Waals surface area contributed by atoms with Gasteiger partial charge in [0, 0.05) is 0 Å². The highest BCUT2D eigenvalue weighted by Gasteiger charge is 2.19. The Bertz CT molecular complexity index is 399. The van der Waals surface area contributed by atoms with E-state index in [1.165, 1.54) is 0 Å². The molecule has 1 unspecified atom stereocenters. The molecule has 1 heterocycles. The number of carboxylic acids is 1. The first-order chi connectivity index (χ1) is 6.56. The van der Waals surface area contributed by atoms with Gasteiger partial charge in [0.25, 0.3) is 0 Å². The Morgan fingerprint density at radius 3 is 3.00 bits per heavy atom. The number of nitriles is 1. The first kappa shape index (κ1) is 11.3. The molecular weight excluding hydrogens is 244 g/mol. The van der Waals surface area contributed by atoms with E-state index in [0.29, 0.717) is 4.21 Å². The fraction of sp³-hybridized carbons (Fsp3) is 0.286. The number of hydrogen-bond acceptors (Lipinski definition) is 5. The number of hydrogen-bond donors (Lipinski definition) is 1. The van der Waals surface area contributed by atoms with E-state index in [2.05, 4.69) is 4.37 Å². The van der Waals surface area contributed by atoms with E-state index in [4.69, 9.17) is 22.0 Å². The molecule has 0 aliphatic rings. The first-order valence-electron chi connectivity index (χ1n) is 3.51. The lowest BCUT2D eigenvalue weighted by Crippen LogP contribution is -2.10. The molecule has 0 aromatic carbocycles. The summed E-state index contributed by atoms with van der Waals surface area (Å²) in [4.78, 5) is 10.6. The quantitative estimate of drug-likeness (QED) is 0.831. The van der Waals surface area contributed by atoms with E-state index < -0.39 is 11.2 Å². The highest BCUT2D eigenvalue weighted by atomic mass is 35.5. The highest BCUT2D eigenvalue weighted by Crippen LogP contribution is 2.34. The van der Waals surface area contributed by atoms with Crippen molar-refractivity contribution in [1.82, 2.24) is 4.37 Å². The number of nitrogens with zero attached hydrogens (tertiary/aromatic N) is 2. The lowest BCUT2D eigenvalue weighted by atomic mass is 10.4. The molecule has 14 heavy (non-hydrogen) atoms. The molecule has 7 heteroatoms. The Balaban J connectivity index is 2.88. The molecule has 0 spiro atoms. The molecule has 1 aromatic heterocycles. The zero-order valence-electron chi connectivity index (χ0n) is 7.02.